The number of nitro benzene ring substituents is 1. The molecule has 0 bridgehead atoms. The minimum absolute atomic E-state index is 0.0583. The van der Waals surface area contributed by atoms with E-state index in [4.69, 9.17) is 14.2 Å². The van der Waals surface area contributed by atoms with E-state index >= 15 is 0 Å². The predicted molar refractivity (Wildman–Crippen MR) is 73.9 cm³/mol. The Bertz CT molecular complexity index is 610. The number of rotatable bonds is 6. The van der Waals surface area contributed by atoms with Crippen LogP contribution in [0.4, 0.5) is 5.69 Å². The number of hydrogen-bond acceptors (Lipinski definition) is 5. The van der Waals surface area contributed by atoms with Gasteiger partial charge in [0.05, 0.1) is 10.3 Å². The highest BCUT2D eigenvalue weighted by Crippen LogP contribution is 2.32. The predicted octanol–water partition coefficient (Wildman–Crippen LogP) is 2.75. The van der Waals surface area contributed by atoms with E-state index < -0.39 is 11.2 Å². The van der Waals surface area contributed by atoms with Crippen LogP contribution in [0.2, 0.25) is 0 Å². The molecule has 2 rings (SSSR count). The molecule has 0 spiro atoms. The van der Waals surface area contributed by atoms with Crippen LogP contribution in [-0.4, -0.2) is 32.0 Å². The van der Waals surface area contributed by atoms with Gasteiger partial charge < -0.3 is 14.2 Å². The third-order valence-corrected chi connectivity index (χ3v) is 2.96. The Kier molecular flexibility index (Phi) is 4.49. The second kappa shape index (κ2) is 6.31. The quantitative estimate of drug-likeness (QED) is 0.461. The van der Waals surface area contributed by atoms with Crippen molar-refractivity contribution in [2.75, 3.05) is 20.8 Å². The van der Waals surface area contributed by atoms with Crippen molar-refractivity contribution in [3.63, 3.8) is 0 Å². The first-order chi connectivity index (χ1) is 9.67. The maximum atomic E-state index is 11.0. The van der Waals surface area contributed by atoms with Crippen LogP contribution in [0.5, 0.6) is 5.75 Å². The van der Waals surface area contributed by atoms with Crippen LogP contribution in [0.25, 0.3) is 10.8 Å². The molecule has 0 N–H and O–H groups in total. The van der Waals surface area contributed by atoms with Gasteiger partial charge in [-0.25, -0.2) is 0 Å². The zero-order valence-corrected chi connectivity index (χ0v) is 11.2. The summed E-state index contributed by atoms with van der Waals surface area (Å²) in [5.41, 5.74) is 0.0583. The van der Waals surface area contributed by atoms with Crippen molar-refractivity contribution in [2.24, 2.45) is 0 Å². The van der Waals surface area contributed by atoms with E-state index in [0.29, 0.717) is 16.5 Å². The molecule has 6 nitrogen and oxygen atoms in total. The SMILES string of the molecule is COC(COc1ccc([N+](=O)[O-])c2ccccc12)OC. The fourth-order valence-corrected chi connectivity index (χ4v) is 1.93. The van der Waals surface area contributed by atoms with Crippen molar-refractivity contribution in [2.45, 2.75) is 6.29 Å². The largest absolute Gasteiger partial charge is 0.488 e. The van der Waals surface area contributed by atoms with Gasteiger partial charge in [-0.15, -0.1) is 0 Å². The van der Waals surface area contributed by atoms with Gasteiger partial charge in [0.15, 0.2) is 6.29 Å². The average molecular weight is 277 g/mol. The average Bonchev–Trinajstić information content (AvgIpc) is 2.47. The Morgan fingerprint density at radius 3 is 2.35 bits per heavy atom. The number of methoxy groups -OCH3 is 2. The van der Waals surface area contributed by atoms with Crippen LogP contribution in [0, 0.1) is 10.1 Å². The van der Waals surface area contributed by atoms with Gasteiger partial charge in [-0.1, -0.05) is 18.2 Å². The standard InChI is InChI=1S/C14H15NO5/c1-18-14(19-2)9-20-13-8-7-12(15(16)17)10-5-3-4-6-11(10)13/h3-8,14H,9H2,1-2H3. The second-order valence-electron chi connectivity index (χ2n) is 4.10. The van der Waals surface area contributed by atoms with Gasteiger partial charge in [0.2, 0.25) is 0 Å². The third kappa shape index (κ3) is 2.87. The smallest absolute Gasteiger partial charge is 0.277 e. The summed E-state index contributed by atoms with van der Waals surface area (Å²) in [7, 11) is 3.04. The van der Waals surface area contributed by atoms with E-state index in [0.717, 1.165) is 0 Å². The van der Waals surface area contributed by atoms with Gasteiger partial charge in [0.25, 0.3) is 5.69 Å². The van der Waals surface area contributed by atoms with Crippen LogP contribution < -0.4 is 4.74 Å². The molecule has 0 aliphatic rings. The van der Waals surface area contributed by atoms with Crippen LogP contribution in [0.1, 0.15) is 0 Å². The first-order valence-electron chi connectivity index (χ1n) is 6.02. The molecule has 0 heterocycles. The highest BCUT2D eigenvalue weighted by atomic mass is 16.7. The summed E-state index contributed by atoms with van der Waals surface area (Å²) in [6.45, 7) is 0.203. The first kappa shape index (κ1) is 14.2. The van der Waals surface area contributed by atoms with Gasteiger partial charge >= 0.3 is 0 Å². The Balaban J connectivity index is 2.36. The lowest BCUT2D eigenvalue weighted by Crippen LogP contribution is -2.22. The van der Waals surface area contributed by atoms with Crippen molar-refractivity contribution in [3.05, 3.63) is 46.5 Å². The van der Waals surface area contributed by atoms with Gasteiger partial charge in [0, 0.05) is 25.7 Å². The van der Waals surface area contributed by atoms with E-state index in [1.807, 2.05) is 6.07 Å². The molecule has 0 amide bonds. The Morgan fingerprint density at radius 2 is 1.75 bits per heavy atom. The second-order valence-corrected chi connectivity index (χ2v) is 4.10. The fraction of sp³-hybridized carbons (Fsp3) is 0.286. The van der Waals surface area contributed by atoms with Crippen molar-refractivity contribution in [1.82, 2.24) is 0 Å². The highest BCUT2D eigenvalue weighted by Gasteiger charge is 2.15. The molecule has 2 aromatic carbocycles. The topological polar surface area (TPSA) is 70.8 Å². The van der Waals surface area contributed by atoms with E-state index in [1.165, 1.54) is 20.3 Å². The molecule has 0 aromatic heterocycles. The fourth-order valence-electron chi connectivity index (χ4n) is 1.93. The summed E-state index contributed by atoms with van der Waals surface area (Å²) in [5, 5.41) is 12.2. The van der Waals surface area contributed by atoms with E-state index in [-0.39, 0.29) is 12.3 Å². The zero-order chi connectivity index (χ0) is 14.5. The van der Waals surface area contributed by atoms with Crippen LogP contribution >= 0.6 is 0 Å². The molecule has 6 heteroatoms. The summed E-state index contributed by atoms with van der Waals surface area (Å²) >= 11 is 0. The maximum Gasteiger partial charge on any atom is 0.277 e. The minimum atomic E-state index is -0.482. The Hall–Kier alpha value is -2.18. The summed E-state index contributed by atoms with van der Waals surface area (Å²) in [6.07, 6.45) is -0.482. The van der Waals surface area contributed by atoms with Crippen LogP contribution in [0.15, 0.2) is 36.4 Å². The lowest BCUT2D eigenvalue weighted by Gasteiger charge is -2.15. The number of fused-ring (bicyclic) bond motifs is 1. The van der Waals surface area contributed by atoms with E-state index in [1.54, 1.807) is 24.3 Å². The third-order valence-electron chi connectivity index (χ3n) is 2.96. The number of nitrogens with zero attached hydrogens (tertiary/aromatic N) is 1. The molecule has 106 valence electrons. The van der Waals surface area contributed by atoms with Crippen molar-refractivity contribution < 1.29 is 19.1 Å². The number of ether oxygens (including phenoxy) is 3. The number of nitro groups is 1. The van der Waals surface area contributed by atoms with Gasteiger partial charge in [-0.3, -0.25) is 10.1 Å². The van der Waals surface area contributed by atoms with Gasteiger partial charge in [0.1, 0.15) is 12.4 Å². The lowest BCUT2D eigenvalue weighted by atomic mass is 10.1. The van der Waals surface area contributed by atoms with Crippen LogP contribution in [-0.2, 0) is 9.47 Å². The molecular weight excluding hydrogens is 262 g/mol. The number of benzene rings is 2. The first-order valence-corrected chi connectivity index (χ1v) is 6.02. The molecule has 0 unspecified atom stereocenters. The summed E-state index contributed by atoms with van der Waals surface area (Å²) < 4.78 is 15.7. The zero-order valence-electron chi connectivity index (χ0n) is 11.2. The normalized spacial score (nSPS) is 10.9. The Labute approximate surface area is 116 Å². The molecule has 2 aromatic rings. The number of hydrogen-bond donors (Lipinski definition) is 0. The number of non-ortho nitro benzene ring substituents is 1. The van der Waals surface area contributed by atoms with Crippen molar-refractivity contribution in [3.8, 4) is 5.75 Å². The molecule has 0 saturated heterocycles. The molecule has 0 aliphatic heterocycles. The highest BCUT2D eigenvalue weighted by molar-refractivity contribution is 5.95. The van der Waals surface area contributed by atoms with E-state index in [2.05, 4.69) is 0 Å². The maximum absolute atomic E-state index is 11.0. The molecule has 0 radical (unpaired) electrons. The summed E-state index contributed by atoms with van der Waals surface area (Å²) in [6, 6.07) is 10.1. The van der Waals surface area contributed by atoms with Crippen LogP contribution in [0.3, 0.4) is 0 Å². The van der Waals surface area contributed by atoms with Gasteiger partial charge in [-0.2, -0.15) is 0 Å². The monoisotopic (exact) mass is 277 g/mol. The Morgan fingerprint density at radius 1 is 1.10 bits per heavy atom. The molecule has 0 aliphatic carbocycles. The van der Waals surface area contributed by atoms with E-state index in [9.17, 15) is 10.1 Å². The van der Waals surface area contributed by atoms with Crippen molar-refractivity contribution >= 4 is 16.5 Å². The molecular formula is C14H15NO5. The molecule has 0 atom stereocenters. The van der Waals surface area contributed by atoms with Crippen molar-refractivity contribution in [1.29, 1.82) is 0 Å². The minimum Gasteiger partial charge on any atom is -0.488 e. The molecule has 0 saturated carbocycles. The molecule has 0 fully saturated rings. The van der Waals surface area contributed by atoms with Gasteiger partial charge in [-0.05, 0) is 12.1 Å². The summed E-state index contributed by atoms with van der Waals surface area (Å²) in [5.74, 6) is 0.560. The summed E-state index contributed by atoms with van der Waals surface area (Å²) in [4.78, 5) is 10.6. The molecule has 20 heavy (non-hydrogen) atoms. The lowest BCUT2D eigenvalue weighted by molar-refractivity contribution is -0.383.